The Morgan fingerprint density at radius 2 is 1.19 bits per heavy atom. The fourth-order valence-electron chi connectivity index (χ4n) is 2.87. The zero-order valence-corrected chi connectivity index (χ0v) is 15.7. The van der Waals surface area contributed by atoms with Crippen molar-refractivity contribution in [3.05, 3.63) is 0 Å². The maximum absolute atomic E-state index is 10.4. The molecule has 2 heteroatoms. The summed E-state index contributed by atoms with van der Waals surface area (Å²) < 4.78 is 0. The zero-order valence-electron chi connectivity index (χ0n) is 15.0. The highest BCUT2D eigenvalue weighted by atomic mass is 35.5. The second kappa shape index (κ2) is 12.8. The quantitative estimate of drug-likeness (QED) is 0.279. The molecule has 128 valence electrons. The fraction of sp³-hybridized carbons (Fsp3) is 1.00. The molecule has 0 saturated carbocycles. The van der Waals surface area contributed by atoms with E-state index >= 15 is 0 Å². The van der Waals surface area contributed by atoms with E-state index in [0.29, 0.717) is 0 Å². The van der Waals surface area contributed by atoms with E-state index in [9.17, 15) is 5.11 Å². The van der Waals surface area contributed by atoms with Gasteiger partial charge in [-0.3, -0.25) is 0 Å². The van der Waals surface area contributed by atoms with Gasteiger partial charge >= 0.3 is 0 Å². The summed E-state index contributed by atoms with van der Waals surface area (Å²) in [6.07, 6.45) is 15.7. The standard InChI is InChI=1S/C19H39ClO/c1-5-6-7-8-9-10-11-12-13-14-15-16-19(4,21)17(2)18(3)20/h17-18,21H,5-16H2,1-4H3. The number of hydrogen-bond acceptors (Lipinski definition) is 1. The van der Waals surface area contributed by atoms with E-state index in [2.05, 4.69) is 13.8 Å². The van der Waals surface area contributed by atoms with E-state index in [1.807, 2.05) is 13.8 Å². The summed E-state index contributed by atoms with van der Waals surface area (Å²) in [5.74, 6) is 0.155. The molecule has 0 amide bonds. The first-order valence-electron chi connectivity index (χ1n) is 9.28. The van der Waals surface area contributed by atoms with E-state index in [4.69, 9.17) is 11.6 Å². The van der Waals surface area contributed by atoms with Gasteiger partial charge in [-0.25, -0.2) is 0 Å². The van der Waals surface area contributed by atoms with Gasteiger partial charge in [0.15, 0.2) is 0 Å². The molecular weight excluding hydrogens is 280 g/mol. The van der Waals surface area contributed by atoms with Crippen molar-refractivity contribution in [2.45, 2.75) is 116 Å². The predicted molar refractivity (Wildman–Crippen MR) is 96.2 cm³/mol. The van der Waals surface area contributed by atoms with Gasteiger partial charge in [0, 0.05) is 11.3 Å². The van der Waals surface area contributed by atoms with Crippen LogP contribution in [0.4, 0.5) is 0 Å². The highest BCUT2D eigenvalue weighted by molar-refractivity contribution is 6.20. The molecule has 0 aliphatic heterocycles. The SMILES string of the molecule is CCCCCCCCCCCCCC(C)(O)C(C)C(C)Cl. The van der Waals surface area contributed by atoms with Crippen molar-refractivity contribution in [3.63, 3.8) is 0 Å². The predicted octanol–water partition coefficient (Wildman–Crippen LogP) is 6.70. The van der Waals surface area contributed by atoms with Crippen LogP contribution in [0.2, 0.25) is 0 Å². The van der Waals surface area contributed by atoms with Crippen molar-refractivity contribution in [2.75, 3.05) is 0 Å². The van der Waals surface area contributed by atoms with E-state index in [1.165, 1.54) is 64.2 Å². The summed E-state index contributed by atoms with van der Waals surface area (Å²) in [5, 5.41) is 10.4. The number of alkyl halides is 1. The molecule has 0 aromatic carbocycles. The summed E-state index contributed by atoms with van der Waals surface area (Å²) in [4.78, 5) is 0. The fourth-order valence-corrected chi connectivity index (χ4v) is 3.14. The molecule has 0 saturated heterocycles. The molecule has 0 aromatic rings. The largest absolute Gasteiger partial charge is 0.390 e. The van der Waals surface area contributed by atoms with Crippen LogP contribution in [0.15, 0.2) is 0 Å². The summed E-state index contributed by atoms with van der Waals surface area (Å²) in [5.41, 5.74) is -0.611. The van der Waals surface area contributed by atoms with Gasteiger partial charge in [0.05, 0.1) is 5.60 Å². The van der Waals surface area contributed by atoms with Gasteiger partial charge in [-0.05, 0) is 20.3 Å². The summed E-state index contributed by atoms with van der Waals surface area (Å²) in [7, 11) is 0. The van der Waals surface area contributed by atoms with Gasteiger partial charge < -0.3 is 5.11 Å². The van der Waals surface area contributed by atoms with E-state index in [0.717, 1.165) is 12.8 Å². The molecule has 0 radical (unpaired) electrons. The van der Waals surface area contributed by atoms with Gasteiger partial charge in [0.1, 0.15) is 0 Å². The Balaban J connectivity index is 3.40. The molecule has 0 bridgehead atoms. The Morgan fingerprint density at radius 1 is 0.810 bits per heavy atom. The van der Waals surface area contributed by atoms with Gasteiger partial charge in [-0.2, -0.15) is 0 Å². The Kier molecular flexibility index (Phi) is 12.9. The second-order valence-corrected chi connectivity index (χ2v) is 7.80. The molecule has 1 N–H and O–H groups in total. The van der Waals surface area contributed by atoms with Crippen molar-refractivity contribution in [1.82, 2.24) is 0 Å². The normalized spacial score (nSPS) is 17.4. The molecule has 1 nitrogen and oxygen atoms in total. The maximum atomic E-state index is 10.4. The minimum atomic E-state index is -0.611. The molecule has 0 rings (SSSR count). The average molecular weight is 319 g/mol. The van der Waals surface area contributed by atoms with Gasteiger partial charge in [-0.15, -0.1) is 11.6 Å². The van der Waals surface area contributed by atoms with Crippen LogP contribution < -0.4 is 0 Å². The Morgan fingerprint density at radius 3 is 1.57 bits per heavy atom. The lowest BCUT2D eigenvalue weighted by Crippen LogP contribution is -2.37. The lowest BCUT2D eigenvalue weighted by Gasteiger charge is -2.32. The topological polar surface area (TPSA) is 20.2 Å². The molecule has 3 unspecified atom stereocenters. The van der Waals surface area contributed by atoms with Crippen molar-refractivity contribution in [2.24, 2.45) is 5.92 Å². The van der Waals surface area contributed by atoms with E-state index in [-0.39, 0.29) is 11.3 Å². The van der Waals surface area contributed by atoms with Crippen LogP contribution in [0.3, 0.4) is 0 Å². The van der Waals surface area contributed by atoms with Gasteiger partial charge in [0.2, 0.25) is 0 Å². The number of unbranched alkanes of at least 4 members (excludes halogenated alkanes) is 10. The van der Waals surface area contributed by atoms with Crippen LogP contribution in [0, 0.1) is 5.92 Å². The molecule has 21 heavy (non-hydrogen) atoms. The summed E-state index contributed by atoms with van der Waals surface area (Å²) >= 11 is 6.10. The highest BCUT2D eigenvalue weighted by Crippen LogP contribution is 2.28. The van der Waals surface area contributed by atoms with Crippen LogP contribution in [-0.4, -0.2) is 16.1 Å². The molecule has 0 aliphatic rings. The summed E-state index contributed by atoms with van der Waals surface area (Å²) in [6.45, 7) is 8.23. The molecule has 0 aromatic heterocycles. The highest BCUT2D eigenvalue weighted by Gasteiger charge is 2.30. The lowest BCUT2D eigenvalue weighted by molar-refractivity contribution is -0.00385. The van der Waals surface area contributed by atoms with Crippen LogP contribution in [0.5, 0.6) is 0 Å². The number of rotatable bonds is 14. The maximum Gasteiger partial charge on any atom is 0.0659 e. The van der Waals surface area contributed by atoms with E-state index < -0.39 is 5.60 Å². The number of halogens is 1. The second-order valence-electron chi connectivity index (χ2n) is 7.11. The molecule has 0 spiro atoms. The minimum absolute atomic E-state index is 0.0349. The Labute approximate surface area is 138 Å². The summed E-state index contributed by atoms with van der Waals surface area (Å²) in [6, 6.07) is 0. The van der Waals surface area contributed by atoms with Crippen LogP contribution >= 0.6 is 11.6 Å². The first kappa shape index (κ1) is 21.2. The van der Waals surface area contributed by atoms with E-state index in [1.54, 1.807) is 0 Å². The Hall–Kier alpha value is 0.250. The monoisotopic (exact) mass is 318 g/mol. The van der Waals surface area contributed by atoms with Gasteiger partial charge in [-0.1, -0.05) is 84.5 Å². The molecule has 0 fully saturated rings. The van der Waals surface area contributed by atoms with Crippen LogP contribution in [0.25, 0.3) is 0 Å². The third-order valence-electron chi connectivity index (χ3n) is 4.96. The lowest BCUT2D eigenvalue weighted by atomic mass is 9.84. The van der Waals surface area contributed by atoms with Crippen molar-refractivity contribution in [3.8, 4) is 0 Å². The van der Waals surface area contributed by atoms with Crippen molar-refractivity contribution in [1.29, 1.82) is 0 Å². The van der Waals surface area contributed by atoms with Gasteiger partial charge in [0.25, 0.3) is 0 Å². The Bertz CT molecular complexity index is 226. The third-order valence-corrected chi connectivity index (χ3v) is 5.33. The first-order chi connectivity index (χ1) is 9.91. The smallest absolute Gasteiger partial charge is 0.0659 e. The van der Waals surface area contributed by atoms with Crippen molar-refractivity contribution >= 4 is 11.6 Å². The molecular formula is C19H39ClO. The number of hydrogen-bond donors (Lipinski definition) is 1. The minimum Gasteiger partial charge on any atom is -0.390 e. The molecule has 3 atom stereocenters. The van der Waals surface area contributed by atoms with Crippen molar-refractivity contribution < 1.29 is 5.11 Å². The average Bonchev–Trinajstić information content (AvgIpc) is 2.43. The molecule has 0 aliphatic carbocycles. The molecule has 0 heterocycles. The third kappa shape index (κ3) is 11.5. The van der Waals surface area contributed by atoms with Crippen LogP contribution in [-0.2, 0) is 0 Å². The first-order valence-corrected chi connectivity index (χ1v) is 9.72. The van der Waals surface area contributed by atoms with Crippen LogP contribution in [0.1, 0.15) is 105 Å². The zero-order chi connectivity index (χ0) is 16.1. The number of aliphatic hydroxyl groups is 1.